The summed E-state index contributed by atoms with van der Waals surface area (Å²) >= 11 is 0. The van der Waals surface area contributed by atoms with Gasteiger partial charge in [0.2, 0.25) is 2.86 Å². The number of fused-ring (bicyclic) bond motifs is 1. The molecule has 0 amide bonds. The highest BCUT2D eigenvalue weighted by atomic mass is 16.3. The quantitative estimate of drug-likeness (QED) is 0.470. The maximum absolute atomic E-state index is 10.1. The Bertz CT molecular complexity index is 896. The highest BCUT2D eigenvalue weighted by Crippen LogP contribution is 2.60. The summed E-state index contributed by atoms with van der Waals surface area (Å²) in [4.78, 5) is 0. The Labute approximate surface area is 192 Å². The standard InChI is InChI=1S/C27H44O3/c1-18(8-6-14-26(3,4)30)23-12-13-24-20(9-7-15-27(23,24)5)10-11-21-16-22(28)17-25(29)19(21)2/h10-11,18,22-25,28-30H,2,6-9,12-17H2,1,3-5H3/b20-10-,21-11-/t18-,22-,23-,24?,25+,27-/m1/s1/i17D2,22D,25D,28D,29D. The molecule has 3 nitrogen and oxygen atoms in total. The molecule has 0 spiro atoms. The lowest BCUT2D eigenvalue weighted by molar-refractivity contribution is 0.0596. The Morgan fingerprint density at radius 1 is 1.37 bits per heavy atom. The fraction of sp³-hybridized carbons (Fsp3) is 0.778. The van der Waals surface area contributed by atoms with Crippen LogP contribution in [0.1, 0.15) is 97.3 Å². The van der Waals surface area contributed by atoms with Gasteiger partial charge in [-0.1, -0.05) is 51.0 Å². The van der Waals surface area contributed by atoms with E-state index in [1.54, 1.807) is 6.08 Å². The summed E-state index contributed by atoms with van der Waals surface area (Å²) in [5.74, 6) is 1.64. The van der Waals surface area contributed by atoms with E-state index in [4.69, 9.17) is 8.35 Å². The first-order valence-electron chi connectivity index (χ1n) is 14.5. The Balaban J connectivity index is 1.83. The third-order valence-electron chi connectivity index (χ3n) is 7.94. The molecule has 3 saturated carbocycles. The van der Waals surface area contributed by atoms with Gasteiger partial charge in [-0.2, -0.15) is 0 Å². The Morgan fingerprint density at radius 3 is 2.87 bits per heavy atom. The van der Waals surface area contributed by atoms with E-state index in [9.17, 15) is 5.11 Å². The first-order valence-corrected chi connectivity index (χ1v) is 11.7. The fourth-order valence-corrected chi connectivity index (χ4v) is 6.31. The Morgan fingerprint density at radius 2 is 2.17 bits per heavy atom. The van der Waals surface area contributed by atoms with Gasteiger partial charge in [-0.3, -0.25) is 0 Å². The minimum absolute atomic E-state index is 0.0115. The first kappa shape index (κ1) is 16.7. The molecular weight excluding hydrogens is 372 g/mol. The van der Waals surface area contributed by atoms with Gasteiger partial charge in [-0.05, 0) is 93.1 Å². The van der Waals surface area contributed by atoms with Gasteiger partial charge >= 0.3 is 0 Å². The molecule has 3 rings (SSSR count). The van der Waals surface area contributed by atoms with Gasteiger partial charge in [0, 0.05) is 9.11 Å². The van der Waals surface area contributed by atoms with Crippen molar-refractivity contribution in [1.29, 1.82) is 2.86 Å². The third kappa shape index (κ3) is 5.29. The van der Waals surface area contributed by atoms with Gasteiger partial charge < -0.3 is 15.3 Å². The van der Waals surface area contributed by atoms with Crippen LogP contribution in [0.3, 0.4) is 0 Å². The number of allylic oxidation sites excluding steroid dienone is 3. The predicted molar refractivity (Wildman–Crippen MR) is 124 cm³/mol. The van der Waals surface area contributed by atoms with Crippen LogP contribution in [-0.2, 0) is 0 Å². The summed E-state index contributed by atoms with van der Waals surface area (Å²) in [6.07, 6.45) is 4.36. The van der Waals surface area contributed by atoms with E-state index in [0.717, 1.165) is 38.5 Å². The van der Waals surface area contributed by atoms with Crippen LogP contribution in [0.15, 0.2) is 35.5 Å². The molecule has 0 aromatic rings. The topological polar surface area (TPSA) is 60.7 Å². The number of rotatable bonds is 8. The maximum Gasteiger partial charge on any atom is 0.211 e. The molecule has 0 heterocycles. The lowest BCUT2D eigenvalue weighted by Crippen LogP contribution is -2.36. The number of hydrogen-bond acceptors (Lipinski definition) is 3. The van der Waals surface area contributed by atoms with Crippen LogP contribution >= 0.6 is 0 Å². The molecule has 0 radical (unpaired) electrons. The summed E-state index contributed by atoms with van der Waals surface area (Å²) in [5, 5.41) is 19.0. The Hall–Kier alpha value is -0.900. The second-order valence-electron chi connectivity index (χ2n) is 10.7. The summed E-state index contributed by atoms with van der Waals surface area (Å²) in [6, 6.07) is 0. The van der Waals surface area contributed by atoms with Crippen molar-refractivity contribution in [3.05, 3.63) is 35.5 Å². The molecular formula is C27H44O3. The highest BCUT2D eigenvalue weighted by molar-refractivity contribution is 5.38. The zero-order valence-corrected chi connectivity index (χ0v) is 19.2. The normalized spacial score (nSPS) is 48.2. The van der Waals surface area contributed by atoms with Gasteiger partial charge in [0.05, 0.1) is 20.5 Å². The molecule has 0 aliphatic heterocycles. The SMILES string of the molecule is [2H]O[C@]1([2H])C/C(=C/C=C2/CCC[C@@]3(C)C2CC[C@@H]3[C@H](C)CCCC(C)(C)O)C(=C)[C@@]([2H])(O[2H])C1([2H])[2H]. The van der Waals surface area contributed by atoms with Crippen molar-refractivity contribution in [2.75, 3.05) is 0 Å². The molecule has 0 aromatic heterocycles. The predicted octanol–water partition coefficient (Wildman–Crippen LogP) is 5.70. The third-order valence-corrected chi connectivity index (χ3v) is 7.94. The van der Waals surface area contributed by atoms with E-state index in [0.29, 0.717) is 23.3 Å². The van der Waals surface area contributed by atoms with Crippen LogP contribution < -0.4 is 0 Å². The largest absolute Gasteiger partial charge is 0.393 e. The molecule has 30 heavy (non-hydrogen) atoms. The van der Waals surface area contributed by atoms with E-state index < -0.39 is 24.1 Å². The molecule has 3 fully saturated rings. The van der Waals surface area contributed by atoms with E-state index in [2.05, 4.69) is 30.6 Å². The van der Waals surface area contributed by atoms with Crippen molar-refractivity contribution in [3.63, 3.8) is 0 Å². The van der Waals surface area contributed by atoms with Crippen LogP contribution in [0, 0.1) is 23.2 Å². The van der Waals surface area contributed by atoms with Crippen LogP contribution in [0.4, 0.5) is 0 Å². The lowest BCUT2D eigenvalue weighted by atomic mass is 9.60. The van der Waals surface area contributed by atoms with Crippen LogP contribution in [0.2, 0.25) is 0 Å². The van der Waals surface area contributed by atoms with Gasteiger partial charge in [0.25, 0.3) is 0 Å². The zero-order valence-electron chi connectivity index (χ0n) is 25.2. The molecule has 3 N–H and O–H groups in total. The molecule has 3 aliphatic rings. The van der Waals surface area contributed by atoms with E-state index >= 15 is 0 Å². The van der Waals surface area contributed by atoms with Crippen molar-refractivity contribution >= 4 is 0 Å². The number of aliphatic hydroxyl groups is 3. The van der Waals surface area contributed by atoms with Crippen molar-refractivity contribution in [1.82, 2.24) is 0 Å². The van der Waals surface area contributed by atoms with Crippen LogP contribution in [0.25, 0.3) is 0 Å². The average molecular weight is 423 g/mol. The van der Waals surface area contributed by atoms with Crippen molar-refractivity contribution in [2.45, 2.75) is 110 Å². The van der Waals surface area contributed by atoms with Gasteiger partial charge in [0.1, 0.15) is 0 Å². The molecule has 0 aromatic carbocycles. The summed E-state index contributed by atoms with van der Waals surface area (Å²) < 4.78 is 48.0. The Kier molecular flexibility index (Phi) is 5.18. The van der Waals surface area contributed by atoms with E-state index in [1.165, 1.54) is 18.4 Å². The molecule has 0 bridgehead atoms. The fourth-order valence-electron chi connectivity index (χ4n) is 6.31. The van der Waals surface area contributed by atoms with Gasteiger partial charge in [-0.25, -0.2) is 0 Å². The molecule has 3 heteroatoms. The van der Waals surface area contributed by atoms with Crippen molar-refractivity contribution < 1.29 is 20.8 Å². The minimum Gasteiger partial charge on any atom is -0.393 e. The van der Waals surface area contributed by atoms with E-state index in [-0.39, 0.29) is 17.4 Å². The van der Waals surface area contributed by atoms with Crippen LogP contribution in [0.5, 0.6) is 0 Å². The summed E-state index contributed by atoms with van der Waals surface area (Å²) in [7, 11) is 0. The van der Waals surface area contributed by atoms with Gasteiger partial charge in [0.15, 0.2) is 0 Å². The van der Waals surface area contributed by atoms with Crippen LogP contribution in [-0.4, -0.2) is 35.9 Å². The zero-order chi connectivity index (χ0) is 27.2. The van der Waals surface area contributed by atoms with E-state index in [1.807, 2.05) is 19.9 Å². The van der Waals surface area contributed by atoms with Crippen molar-refractivity contribution in [2.24, 2.45) is 23.2 Å². The van der Waals surface area contributed by atoms with Gasteiger partial charge in [-0.15, -0.1) is 0 Å². The molecule has 0 saturated heterocycles. The molecule has 1 unspecified atom stereocenters. The maximum atomic E-state index is 10.1. The number of hydrogen-bond donors (Lipinski definition) is 3. The first-order chi connectivity index (χ1) is 16.6. The molecule has 3 aliphatic carbocycles. The smallest absolute Gasteiger partial charge is 0.211 e. The molecule has 6 atom stereocenters. The second kappa shape index (κ2) is 9.30. The highest BCUT2D eigenvalue weighted by Gasteiger charge is 2.50. The monoisotopic (exact) mass is 422 g/mol. The lowest BCUT2D eigenvalue weighted by Gasteiger charge is -2.44. The van der Waals surface area contributed by atoms with Crippen molar-refractivity contribution in [3.8, 4) is 0 Å². The second-order valence-corrected chi connectivity index (χ2v) is 10.7. The summed E-state index contributed by atoms with van der Waals surface area (Å²) in [5.41, 5.74) is 1.30. The molecule has 170 valence electrons. The average Bonchev–Trinajstić information content (AvgIpc) is 3.16. The minimum atomic E-state index is -2.76. The summed E-state index contributed by atoms with van der Waals surface area (Å²) in [6.45, 7) is 12.4.